The van der Waals surface area contributed by atoms with Crippen LogP contribution >= 0.6 is 0 Å². The van der Waals surface area contributed by atoms with Crippen LogP contribution in [0.2, 0.25) is 0 Å². The maximum absolute atomic E-state index is 13.7. The number of hydrogen-bond donors (Lipinski definition) is 1. The van der Waals surface area contributed by atoms with Gasteiger partial charge in [-0.3, -0.25) is 0 Å². The second-order valence-electron chi connectivity index (χ2n) is 5.64. The molecule has 1 aromatic carbocycles. The van der Waals surface area contributed by atoms with E-state index in [1.807, 2.05) is 26.8 Å². The van der Waals surface area contributed by atoms with Crippen molar-refractivity contribution in [2.45, 2.75) is 47.1 Å². The van der Waals surface area contributed by atoms with Gasteiger partial charge in [-0.1, -0.05) is 13.0 Å². The van der Waals surface area contributed by atoms with Crippen molar-refractivity contribution in [2.24, 2.45) is 0 Å². The third-order valence-corrected chi connectivity index (χ3v) is 4.06. The molecular weight excluding hydrogens is 265 g/mol. The van der Waals surface area contributed by atoms with Crippen molar-refractivity contribution in [2.75, 3.05) is 6.54 Å². The summed E-state index contributed by atoms with van der Waals surface area (Å²) in [6.45, 7) is 11.0. The standard InChI is InChI=1S/C18H24FNO/c1-6-9-20-18(16-10-15(19)8-7-11(16)2)17-12(3)13(4)21-14(17)5/h7-8,10,18,20H,6,9H2,1-5H3. The number of benzene rings is 1. The van der Waals surface area contributed by atoms with Crippen LogP contribution < -0.4 is 5.32 Å². The molecule has 0 radical (unpaired) electrons. The molecule has 0 aliphatic rings. The molecule has 1 N–H and O–H groups in total. The van der Waals surface area contributed by atoms with Crippen LogP contribution in [0.1, 0.15) is 53.2 Å². The number of nitrogens with one attached hydrogen (secondary N) is 1. The molecule has 1 atom stereocenters. The molecule has 1 aromatic heterocycles. The summed E-state index contributed by atoms with van der Waals surface area (Å²) in [6, 6.07) is 4.95. The molecule has 0 saturated carbocycles. The first-order valence-corrected chi connectivity index (χ1v) is 7.51. The van der Waals surface area contributed by atoms with Gasteiger partial charge >= 0.3 is 0 Å². The van der Waals surface area contributed by atoms with Crippen molar-refractivity contribution in [3.8, 4) is 0 Å². The van der Waals surface area contributed by atoms with E-state index in [-0.39, 0.29) is 11.9 Å². The van der Waals surface area contributed by atoms with E-state index in [9.17, 15) is 4.39 Å². The Morgan fingerprint density at radius 1 is 1.14 bits per heavy atom. The Labute approximate surface area is 126 Å². The summed E-state index contributed by atoms with van der Waals surface area (Å²) < 4.78 is 19.5. The molecule has 0 bridgehead atoms. The molecule has 0 amide bonds. The number of furan rings is 1. The molecule has 2 rings (SSSR count). The molecule has 0 fully saturated rings. The molecule has 114 valence electrons. The van der Waals surface area contributed by atoms with Crippen molar-refractivity contribution in [1.82, 2.24) is 5.32 Å². The smallest absolute Gasteiger partial charge is 0.123 e. The molecule has 2 nitrogen and oxygen atoms in total. The normalized spacial score (nSPS) is 12.7. The lowest BCUT2D eigenvalue weighted by atomic mass is 9.92. The average molecular weight is 289 g/mol. The zero-order chi connectivity index (χ0) is 15.6. The quantitative estimate of drug-likeness (QED) is 0.860. The first-order valence-electron chi connectivity index (χ1n) is 7.51. The highest BCUT2D eigenvalue weighted by molar-refractivity contribution is 5.43. The summed E-state index contributed by atoms with van der Waals surface area (Å²) in [5.41, 5.74) is 4.34. The minimum atomic E-state index is -0.200. The van der Waals surface area contributed by atoms with Gasteiger partial charge < -0.3 is 9.73 Å². The van der Waals surface area contributed by atoms with E-state index in [2.05, 4.69) is 19.2 Å². The minimum Gasteiger partial charge on any atom is -0.466 e. The van der Waals surface area contributed by atoms with Gasteiger partial charge in [-0.25, -0.2) is 4.39 Å². The Kier molecular flexibility index (Phi) is 4.84. The molecule has 0 aliphatic carbocycles. The highest BCUT2D eigenvalue weighted by Crippen LogP contribution is 2.33. The van der Waals surface area contributed by atoms with Crippen LogP contribution in [-0.2, 0) is 0 Å². The van der Waals surface area contributed by atoms with Crippen LogP contribution in [0, 0.1) is 33.5 Å². The molecule has 0 aliphatic heterocycles. The van der Waals surface area contributed by atoms with Gasteiger partial charge in [0.05, 0.1) is 6.04 Å². The first-order chi connectivity index (χ1) is 9.95. The van der Waals surface area contributed by atoms with Gasteiger partial charge in [-0.15, -0.1) is 0 Å². The number of rotatable bonds is 5. The van der Waals surface area contributed by atoms with Crippen molar-refractivity contribution in [3.63, 3.8) is 0 Å². The van der Waals surface area contributed by atoms with Crippen molar-refractivity contribution >= 4 is 0 Å². The van der Waals surface area contributed by atoms with E-state index in [1.165, 1.54) is 6.07 Å². The van der Waals surface area contributed by atoms with Crippen molar-refractivity contribution in [1.29, 1.82) is 0 Å². The zero-order valence-corrected chi connectivity index (χ0v) is 13.5. The highest BCUT2D eigenvalue weighted by atomic mass is 19.1. The van der Waals surface area contributed by atoms with E-state index >= 15 is 0 Å². The Hall–Kier alpha value is -1.61. The lowest BCUT2D eigenvalue weighted by Crippen LogP contribution is -2.25. The molecule has 0 saturated heterocycles. The van der Waals surface area contributed by atoms with Crippen LogP contribution in [0.5, 0.6) is 0 Å². The largest absolute Gasteiger partial charge is 0.466 e. The molecule has 1 heterocycles. The van der Waals surface area contributed by atoms with Crippen molar-refractivity contribution in [3.05, 3.63) is 57.8 Å². The van der Waals surface area contributed by atoms with Gasteiger partial charge in [0.25, 0.3) is 0 Å². The van der Waals surface area contributed by atoms with Crippen LogP contribution in [0.25, 0.3) is 0 Å². The van der Waals surface area contributed by atoms with Gasteiger partial charge in [0, 0.05) is 5.56 Å². The summed E-state index contributed by atoms with van der Waals surface area (Å²) >= 11 is 0. The molecular formula is C18H24FNO. The Morgan fingerprint density at radius 3 is 2.43 bits per heavy atom. The van der Waals surface area contributed by atoms with Gasteiger partial charge in [0.1, 0.15) is 17.3 Å². The van der Waals surface area contributed by atoms with Gasteiger partial charge in [0.2, 0.25) is 0 Å². The van der Waals surface area contributed by atoms with Crippen LogP contribution in [0.4, 0.5) is 4.39 Å². The first kappa shape index (κ1) is 15.8. The SMILES string of the molecule is CCCNC(c1cc(F)ccc1C)c1c(C)oc(C)c1C. The maximum atomic E-state index is 13.7. The van der Waals surface area contributed by atoms with Gasteiger partial charge in [-0.05, 0) is 69.5 Å². The van der Waals surface area contributed by atoms with E-state index in [4.69, 9.17) is 4.42 Å². The van der Waals surface area contributed by atoms with Gasteiger partial charge in [-0.2, -0.15) is 0 Å². The summed E-state index contributed by atoms with van der Waals surface area (Å²) in [6.07, 6.45) is 1.03. The molecule has 0 spiro atoms. The molecule has 3 heteroatoms. The fourth-order valence-corrected chi connectivity index (χ4v) is 2.81. The zero-order valence-electron chi connectivity index (χ0n) is 13.5. The number of hydrogen-bond acceptors (Lipinski definition) is 2. The monoisotopic (exact) mass is 289 g/mol. The predicted octanol–water partition coefficient (Wildman–Crippen LogP) is 4.74. The summed E-state index contributed by atoms with van der Waals surface area (Å²) in [7, 11) is 0. The van der Waals surface area contributed by atoms with Crippen LogP contribution in [0.15, 0.2) is 22.6 Å². The highest BCUT2D eigenvalue weighted by Gasteiger charge is 2.23. The maximum Gasteiger partial charge on any atom is 0.123 e. The third-order valence-electron chi connectivity index (χ3n) is 4.06. The van der Waals surface area contributed by atoms with Crippen LogP contribution in [0.3, 0.4) is 0 Å². The molecule has 21 heavy (non-hydrogen) atoms. The fraction of sp³-hybridized carbons (Fsp3) is 0.444. The van der Waals surface area contributed by atoms with E-state index in [1.54, 1.807) is 6.07 Å². The Morgan fingerprint density at radius 2 is 1.86 bits per heavy atom. The fourth-order valence-electron chi connectivity index (χ4n) is 2.81. The summed E-state index contributed by atoms with van der Waals surface area (Å²) in [4.78, 5) is 0. The average Bonchev–Trinajstić information content (AvgIpc) is 2.69. The Bertz CT molecular complexity index is 630. The molecule has 1 unspecified atom stereocenters. The Balaban J connectivity index is 2.55. The number of aryl methyl sites for hydroxylation is 3. The van der Waals surface area contributed by atoms with Crippen molar-refractivity contribution < 1.29 is 8.81 Å². The van der Waals surface area contributed by atoms with E-state index in [0.29, 0.717) is 0 Å². The lowest BCUT2D eigenvalue weighted by Gasteiger charge is -2.22. The summed E-state index contributed by atoms with van der Waals surface area (Å²) in [5, 5.41) is 3.54. The lowest BCUT2D eigenvalue weighted by molar-refractivity contribution is 0.492. The van der Waals surface area contributed by atoms with E-state index < -0.39 is 0 Å². The summed E-state index contributed by atoms with van der Waals surface area (Å²) in [5.74, 6) is 1.64. The third kappa shape index (κ3) is 3.18. The topological polar surface area (TPSA) is 25.2 Å². The predicted molar refractivity (Wildman–Crippen MR) is 84.2 cm³/mol. The van der Waals surface area contributed by atoms with Gasteiger partial charge in [0.15, 0.2) is 0 Å². The van der Waals surface area contributed by atoms with E-state index in [0.717, 1.165) is 46.7 Å². The minimum absolute atomic E-state index is 0.0295. The number of halogens is 1. The second-order valence-corrected chi connectivity index (χ2v) is 5.64. The second kappa shape index (κ2) is 6.44. The van der Waals surface area contributed by atoms with Crippen LogP contribution in [-0.4, -0.2) is 6.54 Å². The molecule has 2 aromatic rings.